The number of methoxy groups -OCH3 is 1. The molecule has 1 rings (SSSR count). The summed E-state index contributed by atoms with van der Waals surface area (Å²) in [5, 5.41) is 9.91. The summed E-state index contributed by atoms with van der Waals surface area (Å²) >= 11 is 0. The van der Waals surface area contributed by atoms with E-state index in [1.165, 1.54) is 7.11 Å². The molecule has 1 aromatic rings. The molecule has 0 aliphatic heterocycles. The van der Waals surface area contributed by atoms with E-state index in [1.807, 2.05) is 6.92 Å². The largest absolute Gasteiger partial charge is 0.507 e. The number of rotatable bonds is 4. The SMILES string of the molecule is COc1c(C)cc(CCS(=O)(=O)Cl)c(O)c1C. The molecular formula is C11H15ClO4S. The molecule has 0 amide bonds. The van der Waals surface area contributed by atoms with Gasteiger partial charge in [-0.1, -0.05) is 0 Å². The van der Waals surface area contributed by atoms with Gasteiger partial charge in [-0.15, -0.1) is 0 Å². The van der Waals surface area contributed by atoms with Crippen LogP contribution in [0.3, 0.4) is 0 Å². The van der Waals surface area contributed by atoms with E-state index >= 15 is 0 Å². The highest BCUT2D eigenvalue weighted by atomic mass is 35.7. The number of hydrogen-bond acceptors (Lipinski definition) is 4. The summed E-state index contributed by atoms with van der Waals surface area (Å²) < 4.78 is 26.9. The molecule has 0 bridgehead atoms. The highest BCUT2D eigenvalue weighted by Gasteiger charge is 2.15. The molecule has 0 unspecified atom stereocenters. The molecule has 0 atom stereocenters. The zero-order valence-electron chi connectivity index (χ0n) is 9.95. The fraction of sp³-hybridized carbons (Fsp3) is 0.455. The molecule has 0 heterocycles. The van der Waals surface area contributed by atoms with Gasteiger partial charge in [0, 0.05) is 16.2 Å². The van der Waals surface area contributed by atoms with Gasteiger partial charge < -0.3 is 9.84 Å². The van der Waals surface area contributed by atoms with Crippen molar-refractivity contribution in [3.05, 3.63) is 22.8 Å². The van der Waals surface area contributed by atoms with Gasteiger partial charge in [0.05, 0.1) is 12.9 Å². The van der Waals surface area contributed by atoms with E-state index in [1.54, 1.807) is 13.0 Å². The van der Waals surface area contributed by atoms with Crippen molar-refractivity contribution in [1.82, 2.24) is 0 Å². The van der Waals surface area contributed by atoms with Crippen LogP contribution >= 0.6 is 10.7 Å². The maximum Gasteiger partial charge on any atom is 0.232 e. The lowest BCUT2D eigenvalue weighted by molar-refractivity contribution is 0.398. The Labute approximate surface area is 106 Å². The Morgan fingerprint density at radius 2 is 2.00 bits per heavy atom. The first-order chi connectivity index (χ1) is 7.76. The van der Waals surface area contributed by atoms with E-state index in [0.717, 1.165) is 5.56 Å². The summed E-state index contributed by atoms with van der Waals surface area (Å²) in [4.78, 5) is 0. The number of ether oxygens (including phenoxy) is 1. The van der Waals surface area contributed by atoms with Crippen molar-refractivity contribution in [2.24, 2.45) is 0 Å². The number of phenolic OH excluding ortho intramolecular Hbond substituents is 1. The fourth-order valence-electron chi connectivity index (χ4n) is 1.78. The summed E-state index contributed by atoms with van der Waals surface area (Å²) in [6.45, 7) is 3.56. The average molecular weight is 279 g/mol. The van der Waals surface area contributed by atoms with Gasteiger partial charge in [0.25, 0.3) is 0 Å². The normalized spacial score (nSPS) is 11.5. The number of halogens is 1. The van der Waals surface area contributed by atoms with Crippen LogP contribution in [0.4, 0.5) is 0 Å². The van der Waals surface area contributed by atoms with Crippen LogP contribution in [0.2, 0.25) is 0 Å². The Balaban J connectivity index is 3.11. The van der Waals surface area contributed by atoms with Gasteiger partial charge in [-0.2, -0.15) is 0 Å². The monoisotopic (exact) mass is 278 g/mol. The highest BCUT2D eigenvalue weighted by Crippen LogP contribution is 2.34. The van der Waals surface area contributed by atoms with Gasteiger partial charge in [0.15, 0.2) is 0 Å². The first-order valence-electron chi connectivity index (χ1n) is 5.04. The number of aromatic hydroxyl groups is 1. The first-order valence-corrected chi connectivity index (χ1v) is 7.52. The van der Waals surface area contributed by atoms with Crippen LogP contribution in [0.5, 0.6) is 11.5 Å². The van der Waals surface area contributed by atoms with Crippen LogP contribution in [0.15, 0.2) is 6.07 Å². The van der Waals surface area contributed by atoms with Gasteiger partial charge in [-0.05, 0) is 37.5 Å². The van der Waals surface area contributed by atoms with Crippen LogP contribution in [0, 0.1) is 13.8 Å². The Kier molecular flexibility index (Phi) is 4.27. The zero-order chi connectivity index (χ0) is 13.2. The lowest BCUT2D eigenvalue weighted by Gasteiger charge is -2.13. The molecule has 1 aromatic carbocycles. The lowest BCUT2D eigenvalue weighted by atomic mass is 10.0. The van der Waals surface area contributed by atoms with Crippen molar-refractivity contribution < 1.29 is 18.3 Å². The molecule has 0 saturated carbocycles. The van der Waals surface area contributed by atoms with Crippen molar-refractivity contribution in [2.75, 3.05) is 12.9 Å². The number of benzene rings is 1. The minimum Gasteiger partial charge on any atom is -0.507 e. The van der Waals surface area contributed by atoms with Crippen LogP contribution in [-0.4, -0.2) is 26.4 Å². The van der Waals surface area contributed by atoms with Gasteiger partial charge in [-0.25, -0.2) is 8.42 Å². The molecule has 0 aliphatic rings. The van der Waals surface area contributed by atoms with E-state index in [-0.39, 0.29) is 17.9 Å². The van der Waals surface area contributed by atoms with Crippen molar-refractivity contribution in [3.63, 3.8) is 0 Å². The summed E-state index contributed by atoms with van der Waals surface area (Å²) in [5.41, 5.74) is 2.02. The Bertz CT molecular complexity index is 523. The number of aryl methyl sites for hydroxylation is 2. The molecule has 0 spiro atoms. The number of hydrogen-bond donors (Lipinski definition) is 1. The predicted molar refractivity (Wildman–Crippen MR) is 67.5 cm³/mol. The minimum absolute atomic E-state index is 0.0627. The van der Waals surface area contributed by atoms with Crippen molar-refractivity contribution >= 4 is 19.7 Å². The second kappa shape index (κ2) is 5.14. The smallest absolute Gasteiger partial charge is 0.232 e. The van der Waals surface area contributed by atoms with E-state index in [0.29, 0.717) is 16.9 Å². The van der Waals surface area contributed by atoms with Crippen LogP contribution in [0.25, 0.3) is 0 Å². The van der Waals surface area contributed by atoms with E-state index in [2.05, 4.69) is 0 Å². The Morgan fingerprint density at radius 3 is 2.47 bits per heavy atom. The van der Waals surface area contributed by atoms with Crippen molar-refractivity contribution in [1.29, 1.82) is 0 Å². The van der Waals surface area contributed by atoms with Crippen LogP contribution in [-0.2, 0) is 15.5 Å². The topological polar surface area (TPSA) is 63.6 Å². The standard InChI is InChI=1S/C11H15ClO4S/c1-7-6-9(4-5-17(12,14)15)10(13)8(2)11(7)16-3/h6,13H,4-5H2,1-3H3. The van der Waals surface area contributed by atoms with Crippen molar-refractivity contribution in [2.45, 2.75) is 20.3 Å². The Morgan fingerprint density at radius 1 is 1.41 bits per heavy atom. The van der Waals surface area contributed by atoms with E-state index in [9.17, 15) is 13.5 Å². The molecule has 17 heavy (non-hydrogen) atoms. The summed E-state index contributed by atoms with van der Waals surface area (Å²) in [6, 6.07) is 1.71. The van der Waals surface area contributed by atoms with E-state index in [4.69, 9.17) is 15.4 Å². The fourth-order valence-corrected chi connectivity index (χ4v) is 2.47. The van der Waals surface area contributed by atoms with Gasteiger partial charge in [0.1, 0.15) is 11.5 Å². The molecule has 4 nitrogen and oxygen atoms in total. The van der Waals surface area contributed by atoms with Gasteiger partial charge in [-0.3, -0.25) is 0 Å². The molecule has 0 radical (unpaired) electrons. The van der Waals surface area contributed by atoms with Crippen LogP contribution in [0.1, 0.15) is 16.7 Å². The maximum absolute atomic E-state index is 10.9. The molecular weight excluding hydrogens is 264 g/mol. The second-order valence-corrected chi connectivity index (χ2v) is 6.75. The molecule has 1 N–H and O–H groups in total. The lowest BCUT2D eigenvalue weighted by Crippen LogP contribution is -2.03. The quantitative estimate of drug-likeness (QED) is 0.857. The second-order valence-electron chi connectivity index (χ2n) is 3.85. The van der Waals surface area contributed by atoms with Gasteiger partial charge >= 0.3 is 0 Å². The molecule has 96 valence electrons. The Hall–Kier alpha value is -0.940. The minimum atomic E-state index is -3.55. The third-order valence-corrected chi connectivity index (χ3v) is 3.72. The van der Waals surface area contributed by atoms with Crippen LogP contribution < -0.4 is 4.74 Å². The third kappa shape index (κ3) is 3.51. The summed E-state index contributed by atoms with van der Waals surface area (Å²) in [5.74, 6) is 0.473. The molecule has 0 aliphatic carbocycles. The molecule has 0 aromatic heterocycles. The summed E-state index contributed by atoms with van der Waals surface area (Å²) in [6.07, 6.45) is 0.184. The van der Waals surface area contributed by atoms with Gasteiger partial charge in [0.2, 0.25) is 9.05 Å². The van der Waals surface area contributed by atoms with Crippen molar-refractivity contribution in [3.8, 4) is 11.5 Å². The zero-order valence-corrected chi connectivity index (χ0v) is 11.5. The first kappa shape index (κ1) is 14.1. The highest BCUT2D eigenvalue weighted by molar-refractivity contribution is 8.13. The predicted octanol–water partition coefficient (Wildman–Crippen LogP) is 2.13. The van der Waals surface area contributed by atoms with E-state index < -0.39 is 9.05 Å². The third-order valence-electron chi connectivity index (χ3n) is 2.57. The summed E-state index contributed by atoms with van der Waals surface area (Å²) in [7, 11) is 3.11. The molecule has 0 saturated heterocycles. The molecule has 0 fully saturated rings. The molecule has 6 heteroatoms. The maximum atomic E-state index is 10.9. The number of phenols is 1. The average Bonchev–Trinajstić information content (AvgIpc) is 2.21.